The Morgan fingerprint density at radius 1 is 1.53 bits per heavy atom. The van der Waals surface area contributed by atoms with Gasteiger partial charge in [0.05, 0.1) is 0 Å². The highest BCUT2D eigenvalue weighted by Gasteiger charge is 1.98. The molecule has 0 saturated carbocycles. The minimum absolute atomic E-state index is 0.331. The molecule has 84 valence electrons. The van der Waals surface area contributed by atoms with Crippen LogP contribution in [0.4, 0.5) is 0 Å². The summed E-state index contributed by atoms with van der Waals surface area (Å²) >= 11 is 9.05. The van der Waals surface area contributed by atoms with Crippen molar-refractivity contribution in [2.24, 2.45) is 0 Å². The zero-order chi connectivity index (χ0) is 11.1. The number of benzene rings is 1. The maximum absolute atomic E-state index is 5.66. The standard InChI is InChI=1S/C11H15BrClNO/c1-9(8-13)14-5-6-15-11-4-2-3-10(12)7-11/h2-4,7,9,14H,5-6,8H2,1H3. The van der Waals surface area contributed by atoms with Crippen molar-refractivity contribution in [3.05, 3.63) is 28.7 Å². The Bertz CT molecular complexity index is 296. The largest absolute Gasteiger partial charge is 0.492 e. The van der Waals surface area contributed by atoms with Crippen LogP contribution in [-0.4, -0.2) is 25.1 Å². The van der Waals surface area contributed by atoms with Gasteiger partial charge >= 0.3 is 0 Å². The third-order valence-electron chi connectivity index (χ3n) is 1.89. The summed E-state index contributed by atoms with van der Waals surface area (Å²) in [7, 11) is 0. The van der Waals surface area contributed by atoms with E-state index in [9.17, 15) is 0 Å². The third kappa shape index (κ3) is 5.40. The first-order valence-electron chi connectivity index (χ1n) is 4.90. The number of ether oxygens (including phenoxy) is 1. The van der Waals surface area contributed by atoms with Crippen molar-refractivity contribution in [3.8, 4) is 5.75 Å². The summed E-state index contributed by atoms with van der Waals surface area (Å²) in [6, 6.07) is 8.15. The number of rotatable bonds is 6. The molecule has 0 spiro atoms. The molecule has 15 heavy (non-hydrogen) atoms. The summed E-state index contributed by atoms with van der Waals surface area (Å²) in [5.74, 6) is 1.50. The van der Waals surface area contributed by atoms with Gasteiger partial charge in [0.2, 0.25) is 0 Å². The first kappa shape index (κ1) is 12.8. The predicted molar refractivity (Wildman–Crippen MR) is 67.8 cm³/mol. The Hall–Kier alpha value is -0.250. The van der Waals surface area contributed by atoms with Crippen LogP contribution in [0.3, 0.4) is 0 Å². The summed E-state index contributed by atoms with van der Waals surface area (Å²) in [5, 5.41) is 3.25. The van der Waals surface area contributed by atoms with E-state index in [2.05, 4.69) is 21.2 Å². The van der Waals surface area contributed by atoms with Gasteiger partial charge in [-0.15, -0.1) is 11.6 Å². The molecule has 0 bridgehead atoms. The van der Waals surface area contributed by atoms with E-state index in [4.69, 9.17) is 16.3 Å². The molecule has 1 unspecified atom stereocenters. The summed E-state index contributed by atoms with van der Waals surface area (Å²) in [6.07, 6.45) is 0. The average Bonchev–Trinajstić information content (AvgIpc) is 2.24. The highest BCUT2D eigenvalue weighted by atomic mass is 79.9. The van der Waals surface area contributed by atoms with Crippen molar-refractivity contribution in [3.63, 3.8) is 0 Å². The summed E-state index contributed by atoms with van der Waals surface area (Å²) in [4.78, 5) is 0. The SMILES string of the molecule is CC(CCl)NCCOc1cccc(Br)c1. The Kier molecular flexibility index (Phi) is 6.06. The summed E-state index contributed by atoms with van der Waals surface area (Å²) in [6.45, 7) is 3.50. The smallest absolute Gasteiger partial charge is 0.120 e. The number of halogens is 2. The molecule has 0 aliphatic rings. The van der Waals surface area contributed by atoms with E-state index in [1.165, 1.54) is 0 Å². The van der Waals surface area contributed by atoms with Crippen molar-refractivity contribution < 1.29 is 4.74 Å². The zero-order valence-corrected chi connectivity index (χ0v) is 11.0. The Labute approximate surface area is 104 Å². The lowest BCUT2D eigenvalue weighted by Gasteiger charge is -2.11. The minimum Gasteiger partial charge on any atom is -0.492 e. The number of nitrogens with one attached hydrogen (secondary N) is 1. The Morgan fingerprint density at radius 3 is 3.00 bits per heavy atom. The monoisotopic (exact) mass is 291 g/mol. The highest BCUT2D eigenvalue weighted by molar-refractivity contribution is 9.10. The van der Waals surface area contributed by atoms with Gasteiger partial charge in [-0.25, -0.2) is 0 Å². The average molecular weight is 293 g/mol. The van der Waals surface area contributed by atoms with Crippen LogP contribution >= 0.6 is 27.5 Å². The van der Waals surface area contributed by atoms with Crippen LogP contribution in [0.15, 0.2) is 28.7 Å². The van der Waals surface area contributed by atoms with Crippen LogP contribution in [-0.2, 0) is 0 Å². The van der Waals surface area contributed by atoms with Crippen molar-refractivity contribution >= 4 is 27.5 Å². The van der Waals surface area contributed by atoms with Gasteiger partial charge in [-0.05, 0) is 25.1 Å². The van der Waals surface area contributed by atoms with Crippen LogP contribution in [0.25, 0.3) is 0 Å². The van der Waals surface area contributed by atoms with Crippen molar-refractivity contribution in [1.82, 2.24) is 5.32 Å². The van der Waals surface area contributed by atoms with Gasteiger partial charge in [0.25, 0.3) is 0 Å². The van der Waals surface area contributed by atoms with Crippen molar-refractivity contribution in [1.29, 1.82) is 0 Å². The minimum atomic E-state index is 0.331. The van der Waals surface area contributed by atoms with E-state index in [1.54, 1.807) is 0 Å². The van der Waals surface area contributed by atoms with E-state index >= 15 is 0 Å². The maximum Gasteiger partial charge on any atom is 0.120 e. The summed E-state index contributed by atoms with van der Waals surface area (Å²) < 4.78 is 6.58. The third-order valence-corrected chi connectivity index (χ3v) is 2.85. The van der Waals surface area contributed by atoms with Crippen LogP contribution in [0.2, 0.25) is 0 Å². The molecule has 4 heteroatoms. The quantitative estimate of drug-likeness (QED) is 0.643. The lowest BCUT2D eigenvalue weighted by molar-refractivity contribution is 0.309. The Balaban J connectivity index is 2.20. The first-order valence-corrected chi connectivity index (χ1v) is 6.23. The van der Waals surface area contributed by atoms with Gasteiger partial charge in [0, 0.05) is 22.9 Å². The molecule has 0 amide bonds. The van der Waals surface area contributed by atoms with Crippen molar-refractivity contribution in [2.75, 3.05) is 19.0 Å². The van der Waals surface area contributed by atoms with Crippen LogP contribution in [0.5, 0.6) is 5.75 Å². The molecular weight excluding hydrogens is 277 g/mol. The molecule has 1 N–H and O–H groups in total. The predicted octanol–water partition coefficient (Wildman–Crippen LogP) is 3.04. The van der Waals surface area contributed by atoms with Gasteiger partial charge in [-0.3, -0.25) is 0 Å². The Morgan fingerprint density at radius 2 is 2.33 bits per heavy atom. The maximum atomic E-state index is 5.66. The molecule has 0 saturated heterocycles. The van der Waals surface area contributed by atoms with Gasteiger partial charge < -0.3 is 10.1 Å². The van der Waals surface area contributed by atoms with E-state index in [0.717, 1.165) is 16.8 Å². The molecule has 0 heterocycles. The normalized spacial score (nSPS) is 12.5. The topological polar surface area (TPSA) is 21.3 Å². The molecule has 0 fully saturated rings. The lowest BCUT2D eigenvalue weighted by Crippen LogP contribution is -2.31. The van der Waals surface area contributed by atoms with Crippen molar-refractivity contribution in [2.45, 2.75) is 13.0 Å². The second-order valence-electron chi connectivity index (χ2n) is 3.32. The molecular formula is C11H15BrClNO. The fourth-order valence-corrected chi connectivity index (χ4v) is 1.57. The molecule has 0 aromatic heterocycles. The van der Waals surface area contributed by atoms with Gasteiger partial charge in [-0.2, -0.15) is 0 Å². The number of hydrogen-bond acceptors (Lipinski definition) is 2. The second-order valence-corrected chi connectivity index (χ2v) is 4.54. The molecule has 1 rings (SSSR count). The fraction of sp³-hybridized carbons (Fsp3) is 0.455. The molecule has 0 aliphatic carbocycles. The number of alkyl halides is 1. The van der Waals surface area contributed by atoms with E-state index in [0.29, 0.717) is 18.5 Å². The number of hydrogen-bond donors (Lipinski definition) is 1. The molecule has 0 aliphatic heterocycles. The summed E-state index contributed by atoms with van der Waals surface area (Å²) in [5.41, 5.74) is 0. The second kappa shape index (κ2) is 7.09. The van der Waals surface area contributed by atoms with E-state index < -0.39 is 0 Å². The molecule has 0 radical (unpaired) electrons. The van der Waals surface area contributed by atoms with Crippen LogP contribution in [0, 0.1) is 0 Å². The molecule has 1 aromatic carbocycles. The van der Waals surface area contributed by atoms with Gasteiger partial charge in [0.15, 0.2) is 0 Å². The van der Waals surface area contributed by atoms with E-state index in [-0.39, 0.29) is 0 Å². The van der Waals surface area contributed by atoms with Crippen LogP contribution < -0.4 is 10.1 Å². The van der Waals surface area contributed by atoms with E-state index in [1.807, 2.05) is 31.2 Å². The lowest BCUT2D eigenvalue weighted by atomic mass is 10.3. The molecule has 1 atom stereocenters. The molecule has 1 aromatic rings. The highest BCUT2D eigenvalue weighted by Crippen LogP contribution is 2.17. The van der Waals surface area contributed by atoms with Crippen LogP contribution in [0.1, 0.15) is 6.92 Å². The van der Waals surface area contributed by atoms with Gasteiger partial charge in [0.1, 0.15) is 12.4 Å². The molecule has 2 nitrogen and oxygen atoms in total. The van der Waals surface area contributed by atoms with Gasteiger partial charge in [-0.1, -0.05) is 22.0 Å². The zero-order valence-electron chi connectivity index (χ0n) is 8.67. The fourth-order valence-electron chi connectivity index (χ4n) is 1.09. The first-order chi connectivity index (χ1) is 7.22.